The van der Waals surface area contributed by atoms with Gasteiger partial charge >= 0.3 is 0 Å². The maximum Gasteiger partial charge on any atom is 0.274 e. The smallest absolute Gasteiger partial charge is 0.274 e. The lowest BCUT2D eigenvalue weighted by molar-refractivity contribution is 0.955. The predicted octanol–water partition coefficient (Wildman–Crippen LogP) is 4.26. The molecule has 116 valence electrons. The van der Waals surface area contributed by atoms with E-state index in [0.29, 0.717) is 0 Å². The minimum absolute atomic E-state index is 1.07. The second kappa shape index (κ2) is 5.35. The fourth-order valence-corrected chi connectivity index (χ4v) is 7.54. The van der Waals surface area contributed by atoms with Crippen molar-refractivity contribution in [1.29, 1.82) is 0 Å². The molecule has 23 heavy (non-hydrogen) atoms. The number of hydrogen-bond acceptors (Lipinski definition) is 2. The van der Waals surface area contributed by atoms with E-state index in [4.69, 9.17) is 0 Å². The van der Waals surface area contributed by atoms with Gasteiger partial charge in [0, 0.05) is 0 Å². The number of aromatic nitrogens is 4. The van der Waals surface area contributed by atoms with Gasteiger partial charge in [-0.3, -0.25) is 0 Å². The predicted molar refractivity (Wildman–Crippen MR) is 97.0 cm³/mol. The van der Waals surface area contributed by atoms with E-state index in [9.17, 15) is 0 Å². The molecule has 2 aromatic carbocycles. The van der Waals surface area contributed by atoms with E-state index in [2.05, 4.69) is 68.7 Å². The van der Waals surface area contributed by atoms with Gasteiger partial charge in [-0.05, 0) is 36.4 Å². The lowest BCUT2D eigenvalue weighted by Gasteiger charge is -2.32. The van der Waals surface area contributed by atoms with Crippen LogP contribution in [0.2, 0.25) is 12.1 Å². The van der Waals surface area contributed by atoms with Crippen LogP contribution in [0.25, 0.3) is 22.1 Å². The molecule has 0 unspecified atom stereocenters. The molecule has 4 nitrogen and oxygen atoms in total. The summed E-state index contributed by atoms with van der Waals surface area (Å²) in [6, 6.07) is 19.0. The van der Waals surface area contributed by atoms with Crippen molar-refractivity contribution in [3.63, 3.8) is 0 Å². The highest BCUT2D eigenvalue weighted by molar-refractivity contribution is 6.78. The van der Waals surface area contributed by atoms with Crippen molar-refractivity contribution in [2.24, 2.45) is 0 Å². The molecule has 0 saturated carbocycles. The fraction of sp³-hybridized carbons (Fsp3) is 0.222. The van der Waals surface area contributed by atoms with Crippen LogP contribution in [0.3, 0.4) is 0 Å². The summed E-state index contributed by atoms with van der Waals surface area (Å²) in [5.41, 5.74) is 4.58. The lowest BCUT2D eigenvalue weighted by Crippen LogP contribution is -2.49. The standard InChI is InChI=1S/C18H20N4Si/c1-3-23(4-2,21-13-19-15-9-5-7-11-17(15)21)22-14-20-16-10-6-8-12-18(16)22/h5-14H,3-4H2,1-2H3. The first-order chi connectivity index (χ1) is 11.3. The Morgan fingerprint density at radius 1 is 0.739 bits per heavy atom. The number of rotatable bonds is 4. The number of hydrogen-bond donors (Lipinski definition) is 0. The van der Waals surface area contributed by atoms with E-state index in [1.807, 2.05) is 24.8 Å². The Bertz CT molecular complexity index is 889. The van der Waals surface area contributed by atoms with Crippen molar-refractivity contribution in [2.45, 2.75) is 25.9 Å². The van der Waals surface area contributed by atoms with Crippen LogP contribution >= 0.6 is 0 Å². The van der Waals surface area contributed by atoms with Gasteiger partial charge in [0.05, 0.1) is 34.7 Å². The zero-order valence-electron chi connectivity index (χ0n) is 13.5. The fourth-order valence-electron chi connectivity index (χ4n) is 3.63. The van der Waals surface area contributed by atoms with Crippen molar-refractivity contribution in [3.8, 4) is 0 Å². The average Bonchev–Trinajstić information content (AvgIpc) is 3.23. The van der Waals surface area contributed by atoms with Crippen LogP contribution in [-0.4, -0.2) is 26.8 Å². The number of imidazole rings is 2. The van der Waals surface area contributed by atoms with Crippen molar-refractivity contribution >= 4 is 30.5 Å². The molecule has 5 heteroatoms. The quantitative estimate of drug-likeness (QED) is 0.527. The first kappa shape index (κ1) is 14.2. The lowest BCUT2D eigenvalue weighted by atomic mass is 10.3. The monoisotopic (exact) mass is 320 g/mol. The molecule has 2 aromatic heterocycles. The van der Waals surface area contributed by atoms with E-state index in [1.165, 1.54) is 11.0 Å². The molecule has 0 aliphatic carbocycles. The maximum atomic E-state index is 4.63. The zero-order valence-corrected chi connectivity index (χ0v) is 14.5. The largest absolute Gasteiger partial charge is 0.339 e. The van der Waals surface area contributed by atoms with Gasteiger partial charge in [0.25, 0.3) is 8.40 Å². The van der Waals surface area contributed by atoms with Crippen molar-refractivity contribution in [3.05, 3.63) is 61.2 Å². The van der Waals surface area contributed by atoms with Crippen LogP contribution < -0.4 is 0 Å². The third kappa shape index (κ3) is 1.96. The van der Waals surface area contributed by atoms with Gasteiger partial charge in [-0.25, -0.2) is 9.97 Å². The number of benzene rings is 2. The summed E-state index contributed by atoms with van der Waals surface area (Å²) in [5, 5.41) is 0. The molecule has 0 saturated heterocycles. The van der Waals surface area contributed by atoms with Crippen LogP contribution in [0.15, 0.2) is 61.2 Å². The molecule has 0 fully saturated rings. The minimum atomic E-state index is -2.01. The van der Waals surface area contributed by atoms with Crippen LogP contribution in [0.1, 0.15) is 13.8 Å². The van der Waals surface area contributed by atoms with Crippen molar-refractivity contribution in [1.82, 2.24) is 18.4 Å². The SMILES string of the molecule is CC[Si](CC)(n1cnc2ccccc21)n1cnc2ccccc21. The first-order valence-electron chi connectivity index (χ1n) is 8.15. The summed E-state index contributed by atoms with van der Waals surface area (Å²) in [5.74, 6) is 0. The third-order valence-corrected chi connectivity index (χ3v) is 9.71. The molecule has 0 amide bonds. The third-order valence-electron chi connectivity index (χ3n) is 4.94. The highest BCUT2D eigenvalue weighted by Gasteiger charge is 2.37. The normalized spacial score (nSPS) is 12.3. The molecule has 4 aromatic rings. The topological polar surface area (TPSA) is 35.6 Å². The van der Waals surface area contributed by atoms with Crippen molar-refractivity contribution in [2.75, 3.05) is 0 Å². The second-order valence-corrected chi connectivity index (χ2v) is 10.2. The summed E-state index contributed by atoms with van der Waals surface area (Å²) in [6.45, 7) is 4.58. The summed E-state index contributed by atoms with van der Waals surface area (Å²) in [4.78, 5) is 9.27. The molecule has 0 aliphatic heterocycles. The van der Waals surface area contributed by atoms with Crippen molar-refractivity contribution < 1.29 is 0 Å². The Morgan fingerprint density at radius 3 is 1.61 bits per heavy atom. The molecule has 0 spiro atoms. The van der Waals surface area contributed by atoms with Gasteiger partial charge in [0.2, 0.25) is 0 Å². The van der Waals surface area contributed by atoms with Gasteiger partial charge in [0.1, 0.15) is 0 Å². The molecular formula is C18H20N4Si. The second-order valence-electron chi connectivity index (χ2n) is 5.90. The molecule has 0 N–H and O–H groups in total. The highest BCUT2D eigenvalue weighted by Crippen LogP contribution is 2.28. The number of fused-ring (bicyclic) bond motifs is 2. The molecule has 2 heterocycles. The maximum absolute atomic E-state index is 4.63. The highest BCUT2D eigenvalue weighted by atomic mass is 28.3. The van der Waals surface area contributed by atoms with Crippen LogP contribution in [0.5, 0.6) is 0 Å². The molecule has 4 rings (SSSR count). The summed E-state index contributed by atoms with van der Waals surface area (Å²) >= 11 is 0. The van der Waals surface area contributed by atoms with Gasteiger partial charge in [-0.15, -0.1) is 0 Å². The van der Waals surface area contributed by atoms with E-state index >= 15 is 0 Å². The summed E-state index contributed by atoms with van der Waals surface area (Å²) < 4.78 is 4.88. The zero-order chi connectivity index (χ0) is 15.9. The summed E-state index contributed by atoms with van der Waals surface area (Å²) in [7, 11) is -2.01. The number of nitrogens with zero attached hydrogens (tertiary/aromatic N) is 4. The van der Waals surface area contributed by atoms with E-state index < -0.39 is 8.40 Å². The number of para-hydroxylation sites is 4. The van der Waals surface area contributed by atoms with E-state index in [1.54, 1.807) is 0 Å². The van der Waals surface area contributed by atoms with Crippen LogP contribution in [0, 0.1) is 0 Å². The van der Waals surface area contributed by atoms with Gasteiger partial charge < -0.3 is 8.47 Å². The Kier molecular flexibility index (Phi) is 3.30. The Hall–Kier alpha value is -2.40. The Morgan fingerprint density at radius 2 is 1.17 bits per heavy atom. The van der Waals surface area contributed by atoms with E-state index in [0.717, 1.165) is 23.1 Å². The first-order valence-corrected chi connectivity index (χ1v) is 10.5. The summed E-state index contributed by atoms with van der Waals surface area (Å²) in [6.07, 6.45) is 4.05. The molecule has 0 atom stereocenters. The molecule has 0 aliphatic rings. The average molecular weight is 320 g/mol. The minimum Gasteiger partial charge on any atom is -0.339 e. The van der Waals surface area contributed by atoms with Gasteiger partial charge in [0.15, 0.2) is 0 Å². The molecular weight excluding hydrogens is 300 g/mol. The van der Waals surface area contributed by atoms with Crippen LogP contribution in [0.4, 0.5) is 0 Å². The van der Waals surface area contributed by atoms with Gasteiger partial charge in [-0.2, -0.15) is 0 Å². The Labute approximate surface area is 136 Å². The van der Waals surface area contributed by atoms with E-state index in [-0.39, 0.29) is 0 Å². The molecule has 0 bridgehead atoms. The van der Waals surface area contributed by atoms with Crippen LogP contribution in [-0.2, 0) is 0 Å². The molecule has 0 radical (unpaired) electrons. The van der Waals surface area contributed by atoms with Gasteiger partial charge in [-0.1, -0.05) is 38.1 Å². The Balaban J connectivity index is 2.03.